The lowest BCUT2D eigenvalue weighted by atomic mass is 10.3. The van der Waals surface area contributed by atoms with Crippen LogP contribution in [-0.2, 0) is 4.79 Å². The van der Waals surface area contributed by atoms with Crippen LogP contribution >= 0.6 is 0 Å². The Morgan fingerprint density at radius 3 is 2.45 bits per heavy atom. The third kappa shape index (κ3) is 5.90. The molecule has 20 heavy (non-hydrogen) atoms. The average molecular weight is 281 g/mol. The summed E-state index contributed by atoms with van der Waals surface area (Å²) in [6.07, 6.45) is -0.660. The van der Waals surface area contributed by atoms with E-state index >= 15 is 0 Å². The molecule has 0 radical (unpaired) electrons. The highest BCUT2D eigenvalue weighted by molar-refractivity contribution is 5.77. The van der Waals surface area contributed by atoms with E-state index in [1.165, 1.54) is 4.90 Å². The number of aliphatic hydroxyl groups is 1. The lowest BCUT2D eigenvalue weighted by Crippen LogP contribution is -2.39. The minimum Gasteiger partial charge on any atom is -0.491 e. The van der Waals surface area contributed by atoms with Gasteiger partial charge in [-0.3, -0.25) is 9.69 Å². The van der Waals surface area contributed by atoms with Crippen LogP contribution in [0.1, 0.15) is 0 Å². The Morgan fingerprint density at radius 1 is 1.30 bits per heavy atom. The molecule has 0 bridgehead atoms. The van der Waals surface area contributed by atoms with Crippen LogP contribution in [0.15, 0.2) is 24.3 Å². The number of ether oxygens (including phenoxy) is 1. The molecule has 0 aromatic heterocycles. The summed E-state index contributed by atoms with van der Waals surface area (Å²) in [6, 6.07) is 6.98. The molecule has 0 aliphatic heterocycles. The van der Waals surface area contributed by atoms with E-state index in [2.05, 4.69) is 0 Å². The second-order valence-electron chi connectivity index (χ2n) is 5.02. The van der Waals surface area contributed by atoms with Crippen LogP contribution in [0.4, 0.5) is 5.69 Å². The van der Waals surface area contributed by atoms with Gasteiger partial charge in [-0.2, -0.15) is 0 Å². The first-order valence-corrected chi connectivity index (χ1v) is 6.43. The standard InChI is InChI=1S/C14H23N3O3/c1-16(2)14(19)9-17(3)8-12(18)10-20-13-6-4-11(15)5-7-13/h4-7,12,18H,8-10,15H2,1-3H3. The van der Waals surface area contributed by atoms with Gasteiger partial charge in [-0.1, -0.05) is 0 Å². The van der Waals surface area contributed by atoms with Gasteiger partial charge >= 0.3 is 0 Å². The lowest BCUT2D eigenvalue weighted by Gasteiger charge is -2.21. The van der Waals surface area contributed by atoms with Gasteiger partial charge in [0.2, 0.25) is 5.91 Å². The van der Waals surface area contributed by atoms with Crippen LogP contribution in [0.25, 0.3) is 0 Å². The molecule has 3 N–H and O–H groups in total. The number of anilines is 1. The Hall–Kier alpha value is -1.79. The SMILES string of the molecule is CN(CC(=O)N(C)C)CC(O)COc1ccc(N)cc1. The number of nitrogen functional groups attached to an aromatic ring is 1. The summed E-state index contributed by atoms with van der Waals surface area (Å²) in [5, 5.41) is 9.87. The predicted octanol–water partition coefficient (Wildman–Crippen LogP) is 0.0285. The summed E-state index contributed by atoms with van der Waals surface area (Å²) in [7, 11) is 5.20. The molecule has 1 atom stereocenters. The van der Waals surface area contributed by atoms with Crippen LogP contribution < -0.4 is 10.5 Å². The predicted molar refractivity (Wildman–Crippen MR) is 78.5 cm³/mol. The van der Waals surface area contributed by atoms with Crippen LogP contribution in [0.5, 0.6) is 5.75 Å². The van der Waals surface area contributed by atoms with Gasteiger partial charge in [-0.25, -0.2) is 0 Å². The maximum atomic E-state index is 11.5. The molecule has 1 aromatic carbocycles. The third-order valence-electron chi connectivity index (χ3n) is 2.75. The molecule has 1 amide bonds. The number of hydrogen-bond acceptors (Lipinski definition) is 5. The van der Waals surface area contributed by atoms with Crippen LogP contribution in [0, 0.1) is 0 Å². The minimum atomic E-state index is -0.660. The molecular formula is C14H23N3O3. The van der Waals surface area contributed by atoms with Gasteiger partial charge in [0, 0.05) is 26.3 Å². The molecule has 0 heterocycles. The third-order valence-corrected chi connectivity index (χ3v) is 2.75. The van der Waals surface area contributed by atoms with E-state index in [1.54, 1.807) is 50.3 Å². The van der Waals surface area contributed by atoms with Gasteiger partial charge in [0.05, 0.1) is 6.54 Å². The van der Waals surface area contributed by atoms with Crippen molar-refractivity contribution in [3.63, 3.8) is 0 Å². The highest BCUT2D eigenvalue weighted by Gasteiger charge is 2.13. The van der Waals surface area contributed by atoms with Crippen molar-refractivity contribution in [3.8, 4) is 5.75 Å². The Bertz CT molecular complexity index is 420. The zero-order valence-electron chi connectivity index (χ0n) is 12.2. The number of nitrogens with zero attached hydrogens (tertiary/aromatic N) is 2. The Kier molecular flexibility index (Phi) is 6.27. The molecule has 6 nitrogen and oxygen atoms in total. The number of carbonyl (C=O) groups is 1. The number of likely N-dealkylation sites (N-methyl/N-ethyl adjacent to an activating group) is 2. The van der Waals surface area contributed by atoms with Crippen LogP contribution in [0.3, 0.4) is 0 Å². The second kappa shape index (κ2) is 7.72. The van der Waals surface area contributed by atoms with Gasteiger partial charge in [0.15, 0.2) is 0 Å². The fourth-order valence-corrected chi connectivity index (χ4v) is 1.61. The highest BCUT2D eigenvalue weighted by Crippen LogP contribution is 2.13. The zero-order chi connectivity index (χ0) is 15.1. The molecule has 112 valence electrons. The first kappa shape index (κ1) is 16.3. The number of hydrogen-bond donors (Lipinski definition) is 2. The van der Waals surface area contributed by atoms with Gasteiger partial charge in [-0.15, -0.1) is 0 Å². The molecule has 0 aliphatic carbocycles. The number of benzene rings is 1. The van der Waals surface area contributed by atoms with Crippen molar-refractivity contribution >= 4 is 11.6 Å². The Balaban J connectivity index is 2.30. The largest absolute Gasteiger partial charge is 0.491 e. The van der Waals surface area contributed by atoms with Crippen molar-refractivity contribution in [2.45, 2.75) is 6.10 Å². The van der Waals surface area contributed by atoms with E-state index in [-0.39, 0.29) is 19.1 Å². The van der Waals surface area contributed by atoms with Gasteiger partial charge in [0.25, 0.3) is 0 Å². The summed E-state index contributed by atoms with van der Waals surface area (Å²) in [5.41, 5.74) is 6.24. The molecule has 1 rings (SSSR count). The van der Waals surface area contributed by atoms with E-state index in [1.807, 2.05) is 0 Å². The van der Waals surface area contributed by atoms with Crippen molar-refractivity contribution in [1.82, 2.24) is 9.80 Å². The molecule has 0 fully saturated rings. The van der Waals surface area contributed by atoms with E-state index < -0.39 is 6.10 Å². The lowest BCUT2D eigenvalue weighted by molar-refractivity contribution is -0.129. The fraction of sp³-hybridized carbons (Fsp3) is 0.500. The van der Waals surface area contributed by atoms with E-state index in [9.17, 15) is 9.90 Å². The van der Waals surface area contributed by atoms with Gasteiger partial charge in [-0.05, 0) is 31.3 Å². The molecule has 1 aromatic rings. The first-order chi connectivity index (χ1) is 9.38. The quantitative estimate of drug-likeness (QED) is 0.689. The number of rotatable bonds is 7. The maximum Gasteiger partial charge on any atom is 0.236 e. The summed E-state index contributed by atoms with van der Waals surface area (Å²) in [4.78, 5) is 14.8. The molecule has 6 heteroatoms. The zero-order valence-corrected chi connectivity index (χ0v) is 12.2. The average Bonchev–Trinajstić information content (AvgIpc) is 2.37. The van der Waals surface area contributed by atoms with E-state index in [0.29, 0.717) is 18.0 Å². The molecular weight excluding hydrogens is 258 g/mol. The Morgan fingerprint density at radius 2 is 1.90 bits per heavy atom. The number of aliphatic hydroxyl groups excluding tert-OH is 1. The topological polar surface area (TPSA) is 79.0 Å². The second-order valence-corrected chi connectivity index (χ2v) is 5.02. The van der Waals surface area contributed by atoms with Crippen molar-refractivity contribution in [1.29, 1.82) is 0 Å². The van der Waals surface area contributed by atoms with Gasteiger partial charge in [0.1, 0.15) is 18.5 Å². The molecule has 1 unspecified atom stereocenters. The number of carbonyl (C=O) groups excluding carboxylic acids is 1. The van der Waals surface area contributed by atoms with E-state index in [0.717, 1.165) is 0 Å². The maximum absolute atomic E-state index is 11.5. The Labute approximate surface area is 119 Å². The molecule has 0 aliphatic rings. The molecule has 0 saturated heterocycles. The highest BCUT2D eigenvalue weighted by atomic mass is 16.5. The summed E-state index contributed by atoms with van der Waals surface area (Å²) >= 11 is 0. The summed E-state index contributed by atoms with van der Waals surface area (Å²) < 4.78 is 5.45. The monoisotopic (exact) mass is 281 g/mol. The van der Waals surface area contributed by atoms with Crippen molar-refractivity contribution < 1.29 is 14.6 Å². The normalized spacial score (nSPS) is 12.2. The van der Waals surface area contributed by atoms with Crippen LogP contribution in [0.2, 0.25) is 0 Å². The molecule has 0 spiro atoms. The summed E-state index contributed by atoms with van der Waals surface area (Å²) in [5.74, 6) is 0.657. The van der Waals surface area contributed by atoms with Crippen LogP contribution in [-0.4, -0.2) is 67.8 Å². The fourth-order valence-electron chi connectivity index (χ4n) is 1.61. The van der Waals surface area contributed by atoms with Crippen molar-refractivity contribution in [2.24, 2.45) is 0 Å². The number of amides is 1. The molecule has 0 saturated carbocycles. The minimum absolute atomic E-state index is 0.000784. The van der Waals surface area contributed by atoms with Crippen molar-refractivity contribution in [3.05, 3.63) is 24.3 Å². The van der Waals surface area contributed by atoms with E-state index in [4.69, 9.17) is 10.5 Å². The van der Waals surface area contributed by atoms with Gasteiger partial charge < -0.3 is 20.5 Å². The first-order valence-electron chi connectivity index (χ1n) is 6.43. The van der Waals surface area contributed by atoms with Crippen molar-refractivity contribution in [2.75, 3.05) is 46.6 Å². The smallest absolute Gasteiger partial charge is 0.236 e. The number of nitrogens with two attached hydrogens (primary N) is 1. The summed E-state index contributed by atoms with van der Waals surface area (Å²) in [6.45, 7) is 0.810.